The molecule has 2 N–H and O–H groups in total. The number of hydrogen-bond donors (Lipinski definition) is 2. The molecule has 2 rings (SSSR count). The first kappa shape index (κ1) is 13.6. The van der Waals surface area contributed by atoms with Crippen molar-refractivity contribution in [1.82, 2.24) is 10.6 Å². The molecule has 1 aromatic rings. The molecule has 4 nitrogen and oxygen atoms in total. The molecule has 1 aromatic carbocycles. The highest BCUT2D eigenvalue weighted by Crippen LogP contribution is 2.23. The van der Waals surface area contributed by atoms with Crippen molar-refractivity contribution in [2.75, 3.05) is 13.1 Å². The fourth-order valence-electron chi connectivity index (χ4n) is 2.14. The van der Waals surface area contributed by atoms with Crippen LogP contribution in [-0.2, 0) is 4.79 Å². The predicted molar refractivity (Wildman–Crippen MR) is 74.0 cm³/mol. The average Bonchev–Trinajstić information content (AvgIpc) is 2.37. The highest BCUT2D eigenvalue weighted by molar-refractivity contribution is 5.97. The van der Waals surface area contributed by atoms with Crippen molar-refractivity contribution in [3.05, 3.63) is 35.4 Å². The van der Waals surface area contributed by atoms with E-state index in [1.807, 2.05) is 45.0 Å². The lowest BCUT2D eigenvalue weighted by Crippen LogP contribution is -2.42. The topological polar surface area (TPSA) is 58.2 Å². The van der Waals surface area contributed by atoms with Gasteiger partial charge in [0.2, 0.25) is 5.91 Å². The number of carbonyl (C=O) groups is 2. The molecule has 19 heavy (non-hydrogen) atoms. The zero-order valence-electron chi connectivity index (χ0n) is 11.6. The normalized spacial score (nSPS) is 18.5. The minimum absolute atomic E-state index is 0.0295. The lowest BCUT2D eigenvalue weighted by atomic mass is 9.89. The molecule has 0 saturated carbocycles. The molecular formula is C15H20N2O2. The number of rotatable bonds is 2. The number of carbonyl (C=O) groups excluding carboxylic acids is 2. The zero-order valence-corrected chi connectivity index (χ0v) is 11.6. The van der Waals surface area contributed by atoms with E-state index in [-0.39, 0.29) is 17.7 Å². The molecule has 1 unspecified atom stereocenters. The Balaban J connectivity index is 2.09. The quantitative estimate of drug-likeness (QED) is 0.850. The van der Waals surface area contributed by atoms with Crippen molar-refractivity contribution < 1.29 is 9.59 Å². The standard InChI is InChI=1S/C15H20N2O2/c1-15(2,3)14(19)17-9-10-8-16-13(18)12-7-5-4-6-11(10)12/h4-7,10H,8-9H2,1-3H3,(H,16,18)(H,17,19). The molecule has 4 heteroatoms. The van der Waals surface area contributed by atoms with E-state index in [4.69, 9.17) is 0 Å². The fraction of sp³-hybridized carbons (Fsp3) is 0.467. The van der Waals surface area contributed by atoms with Crippen LogP contribution >= 0.6 is 0 Å². The highest BCUT2D eigenvalue weighted by Gasteiger charge is 2.27. The second kappa shape index (κ2) is 5.03. The summed E-state index contributed by atoms with van der Waals surface area (Å²) in [4.78, 5) is 23.6. The second-order valence-corrected chi connectivity index (χ2v) is 5.95. The largest absolute Gasteiger partial charge is 0.355 e. The smallest absolute Gasteiger partial charge is 0.251 e. The van der Waals surface area contributed by atoms with E-state index < -0.39 is 5.41 Å². The average molecular weight is 260 g/mol. The van der Waals surface area contributed by atoms with Gasteiger partial charge in [-0.1, -0.05) is 39.0 Å². The SMILES string of the molecule is CC(C)(C)C(=O)NCC1CNC(=O)c2ccccc21. The molecule has 1 heterocycles. The van der Waals surface area contributed by atoms with Gasteiger partial charge in [0, 0.05) is 30.0 Å². The molecule has 1 aliphatic rings. The molecule has 0 bridgehead atoms. The molecule has 1 atom stereocenters. The van der Waals surface area contributed by atoms with E-state index in [1.54, 1.807) is 0 Å². The Morgan fingerprint density at radius 2 is 2.05 bits per heavy atom. The summed E-state index contributed by atoms with van der Waals surface area (Å²) in [6.45, 7) is 6.78. The minimum Gasteiger partial charge on any atom is -0.355 e. The first-order valence-corrected chi connectivity index (χ1v) is 6.55. The van der Waals surface area contributed by atoms with Crippen LogP contribution in [0, 0.1) is 5.41 Å². The van der Waals surface area contributed by atoms with Crippen molar-refractivity contribution in [1.29, 1.82) is 0 Å². The molecule has 2 amide bonds. The summed E-state index contributed by atoms with van der Waals surface area (Å²) in [6.07, 6.45) is 0. The number of hydrogen-bond acceptors (Lipinski definition) is 2. The van der Waals surface area contributed by atoms with E-state index in [0.29, 0.717) is 18.7 Å². The van der Waals surface area contributed by atoms with Crippen LogP contribution in [0.4, 0.5) is 0 Å². The molecule has 0 aromatic heterocycles. The molecule has 0 aliphatic carbocycles. The van der Waals surface area contributed by atoms with Gasteiger partial charge in [0.05, 0.1) is 0 Å². The zero-order chi connectivity index (χ0) is 14.0. The van der Waals surface area contributed by atoms with Crippen molar-refractivity contribution in [2.45, 2.75) is 26.7 Å². The number of amides is 2. The Hall–Kier alpha value is -1.84. The maximum atomic E-state index is 11.9. The monoisotopic (exact) mass is 260 g/mol. The molecular weight excluding hydrogens is 240 g/mol. The van der Waals surface area contributed by atoms with Gasteiger partial charge in [0.25, 0.3) is 5.91 Å². The van der Waals surface area contributed by atoms with Gasteiger partial charge in [-0.25, -0.2) is 0 Å². The van der Waals surface area contributed by atoms with E-state index in [2.05, 4.69) is 10.6 Å². The van der Waals surface area contributed by atoms with Gasteiger partial charge in [0.1, 0.15) is 0 Å². The number of nitrogens with one attached hydrogen (secondary N) is 2. The summed E-state index contributed by atoms with van der Waals surface area (Å²) >= 11 is 0. The van der Waals surface area contributed by atoms with Crippen LogP contribution in [0.5, 0.6) is 0 Å². The molecule has 1 aliphatic heterocycles. The lowest BCUT2D eigenvalue weighted by molar-refractivity contribution is -0.128. The van der Waals surface area contributed by atoms with Crippen LogP contribution in [0.15, 0.2) is 24.3 Å². The summed E-state index contributed by atoms with van der Waals surface area (Å²) < 4.78 is 0. The van der Waals surface area contributed by atoms with E-state index in [1.165, 1.54) is 0 Å². The predicted octanol–water partition coefficient (Wildman–Crippen LogP) is 1.68. The third-order valence-electron chi connectivity index (χ3n) is 3.34. The van der Waals surface area contributed by atoms with Crippen molar-refractivity contribution in [2.24, 2.45) is 5.41 Å². The summed E-state index contributed by atoms with van der Waals surface area (Å²) in [5.41, 5.74) is 1.33. The third-order valence-corrected chi connectivity index (χ3v) is 3.34. The molecule has 0 spiro atoms. The summed E-state index contributed by atoms with van der Waals surface area (Å²) in [5, 5.41) is 5.82. The van der Waals surface area contributed by atoms with Crippen LogP contribution in [0.25, 0.3) is 0 Å². The summed E-state index contributed by atoms with van der Waals surface area (Å²) in [7, 11) is 0. The second-order valence-electron chi connectivity index (χ2n) is 5.95. The number of fused-ring (bicyclic) bond motifs is 1. The van der Waals surface area contributed by atoms with E-state index in [0.717, 1.165) is 5.56 Å². The van der Waals surface area contributed by atoms with Crippen LogP contribution in [0.3, 0.4) is 0 Å². The third kappa shape index (κ3) is 2.95. The van der Waals surface area contributed by atoms with Crippen LogP contribution in [0.1, 0.15) is 42.6 Å². The van der Waals surface area contributed by atoms with Crippen LogP contribution in [0.2, 0.25) is 0 Å². The summed E-state index contributed by atoms with van der Waals surface area (Å²) in [6, 6.07) is 7.56. The maximum Gasteiger partial charge on any atom is 0.251 e. The van der Waals surface area contributed by atoms with Gasteiger partial charge in [-0.2, -0.15) is 0 Å². The Morgan fingerprint density at radius 3 is 2.74 bits per heavy atom. The van der Waals surface area contributed by atoms with Gasteiger partial charge >= 0.3 is 0 Å². The van der Waals surface area contributed by atoms with Gasteiger partial charge < -0.3 is 10.6 Å². The van der Waals surface area contributed by atoms with E-state index >= 15 is 0 Å². The van der Waals surface area contributed by atoms with Crippen molar-refractivity contribution in [3.63, 3.8) is 0 Å². The molecule has 0 fully saturated rings. The van der Waals surface area contributed by atoms with Gasteiger partial charge in [0.15, 0.2) is 0 Å². The van der Waals surface area contributed by atoms with Crippen molar-refractivity contribution >= 4 is 11.8 Å². The van der Waals surface area contributed by atoms with Crippen molar-refractivity contribution in [3.8, 4) is 0 Å². The van der Waals surface area contributed by atoms with Gasteiger partial charge in [-0.05, 0) is 11.6 Å². The van der Waals surface area contributed by atoms with Crippen LogP contribution < -0.4 is 10.6 Å². The minimum atomic E-state index is -0.391. The Bertz CT molecular complexity index is 503. The Kier molecular flexibility index (Phi) is 3.60. The Morgan fingerprint density at radius 1 is 1.37 bits per heavy atom. The Labute approximate surface area is 113 Å². The molecule has 102 valence electrons. The molecule has 0 radical (unpaired) electrons. The van der Waals surface area contributed by atoms with Crippen LogP contribution in [-0.4, -0.2) is 24.9 Å². The van der Waals surface area contributed by atoms with Gasteiger partial charge in [-0.3, -0.25) is 9.59 Å². The maximum absolute atomic E-state index is 11.9. The first-order valence-electron chi connectivity index (χ1n) is 6.55. The molecule has 0 saturated heterocycles. The fourth-order valence-corrected chi connectivity index (χ4v) is 2.14. The first-order chi connectivity index (χ1) is 8.89. The summed E-state index contributed by atoms with van der Waals surface area (Å²) in [5.74, 6) is 0.135. The number of benzene rings is 1. The lowest BCUT2D eigenvalue weighted by Gasteiger charge is -2.27. The highest BCUT2D eigenvalue weighted by atomic mass is 16.2. The van der Waals surface area contributed by atoms with Gasteiger partial charge in [-0.15, -0.1) is 0 Å². The van der Waals surface area contributed by atoms with E-state index in [9.17, 15) is 9.59 Å².